The number of hydrogen-bond donors (Lipinski definition) is 2. The molecule has 1 heterocycles. The molecular formula is C15H28N2O3. The van der Waals surface area contributed by atoms with Crippen LogP contribution in [-0.4, -0.2) is 41.6 Å². The molecule has 0 aromatic heterocycles. The third kappa shape index (κ3) is 6.78. The Hall–Kier alpha value is -1.26. The molecule has 1 atom stereocenters. The van der Waals surface area contributed by atoms with E-state index in [-0.39, 0.29) is 12.5 Å². The molecule has 0 aliphatic carbocycles. The van der Waals surface area contributed by atoms with E-state index >= 15 is 0 Å². The van der Waals surface area contributed by atoms with Gasteiger partial charge in [0, 0.05) is 26.1 Å². The summed E-state index contributed by atoms with van der Waals surface area (Å²) < 4.78 is 0. The molecule has 0 bridgehead atoms. The van der Waals surface area contributed by atoms with E-state index in [1.807, 2.05) is 4.90 Å². The van der Waals surface area contributed by atoms with E-state index in [0.29, 0.717) is 24.8 Å². The van der Waals surface area contributed by atoms with Gasteiger partial charge in [-0.1, -0.05) is 13.8 Å². The molecule has 2 amide bonds. The lowest BCUT2D eigenvalue weighted by atomic mass is 9.93. The second-order valence-corrected chi connectivity index (χ2v) is 6.15. The van der Waals surface area contributed by atoms with Crippen LogP contribution in [0.1, 0.15) is 52.4 Å². The third-order valence-corrected chi connectivity index (χ3v) is 3.81. The van der Waals surface area contributed by atoms with E-state index in [4.69, 9.17) is 5.11 Å². The van der Waals surface area contributed by atoms with Gasteiger partial charge in [-0.15, -0.1) is 0 Å². The smallest absolute Gasteiger partial charge is 0.317 e. The van der Waals surface area contributed by atoms with Crippen LogP contribution in [0.4, 0.5) is 4.79 Å². The highest BCUT2D eigenvalue weighted by molar-refractivity contribution is 5.74. The number of carboxylic acids is 1. The number of carbonyl (C=O) groups is 2. The molecule has 1 fully saturated rings. The van der Waals surface area contributed by atoms with Gasteiger partial charge in [0.1, 0.15) is 0 Å². The molecule has 0 saturated carbocycles. The number of amides is 2. The molecule has 1 unspecified atom stereocenters. The Morgan fingerprint density at radius 1 is 1.40 bits per heavy atom. The molecule has 0 aromatic rings. The van der Waals surface area contributed by atoms with E-state index in [9.17, 15) is 9.59 Å². The lowest BCUT2D eigenvalue weighted by molar-refractivity contribution is -0.137. The molecule has 20 heavy (non-hydrogen) atoms. The minimum absolute atomic E-state index is 0.00813. The van der Waals surface area contributed by atoms with Crippen molar-refractivity contribution in [2.75, 3.05) is 19.6 Å². The first-order valence-electron chi connectivity index (χ1n) is 7.73. The fourth-order valence-electron chi connectivity index (χ4n) is 2.63. The van der Waals surface area contributed by atoms with Crippen molar-refractivity contribution >= 4 is 12.0 Å². The normalized spacial score (nSPS) is 19.1. The number of nitrogens with one attached hydrogen (secondary N) is 1. The summed E-state index contributed by atoms with van der Waals surface area (Å²) >= 11 is 0. The van der Waals surface area contributed by atoms with Gasteiger partial charge in [0.2, 0.25) is 0 Å². The van der Waals surface area contributed by atoms with Gasteiger partial charge in [0.05, 0.1) is 0 Å². The van der Waals surface area contributed by atoms with Crippen LogP contribution in [0.25, 0.3) is 0 Å². The molecule has 1 aliphatic heterocycles. The highest BCUT2D eigenvalue weighted by atomic mass is 16.4. The van der Waals surface area contributed by atoms with Crippen LogP contribution in [0.15, 0.2) is 0 Å². The van der Waals surface area contributed by atoms with Gasteiger partial charge in [0.25, 0.3) is 0 Å². The fourth-order valence-corrected chi connectivity index (χ4v) is 2.63. The number of piperidine rings is 1. The zero-order chi connectivity index (χ0) is 15.0. The second-order valence-electron chi connectivity index (χ2n) is 6.15. The van der Waals surface area contributed by atoms with Crippen LogP contribution in [0.2, 0.25) is 0 Å². The highest BCUT2D eigenvalue weighted by Gasteiger charge is 2.23. The third-order valence-electron chi connectivity index (χ3n) is 3.81. The van der Waals surface area contributed by atoms with Crippen molar-refractivity contribution in [3.8, 4) is 0 Å². The summed E-state index contributed by atoms with van der Waals surface area (Å²) in [5.41, 5.74) is 0. The number of carboxylic acid groups (broad SMARTS) is 1. The summed E-state index contributed by atoms with van der Waals surface area (Å²) in [6.45, 7) is 6.58. The minimum atomic E-state index is -0.750. The van der Waals surface area contributed by atoms with Gasteiger partial charge >= 0.3 is 12.0 Å². The summed E-state index contributed by atoms with van der Waals surface area (Å²) in [6.07, 6.45) is 5.02. The molecule has 1 saturated heterocycles. The van der Waals surface area contributed by atoms with Crippen LogP contribution in [0.3, 0.4) is 0 Å². The summed E-state index contributed by atoms with van der Waals surface area (Å²) in [6, 6.07) is 0.00813. The summed E-state index contributed by atoms with van der Waals surface area (Å²) in [4.78, 5) is 24.5. The molecule has 0 spiro atoms. The standard InChI is InChI=1S/C15H28N2O3/c1-12(2)5-3-9-16-15(20)17-10-4-6-13(11-17)7-8-14(18)19/h12-13H,3-11H2,1-2H3,(H,16,20)(H,18,19). The van der Waals surface area contributed by atoms with Gasteiger partial charge in [0.15, 0.2) is 0 Å². The van der Waals surface area contributed by atoms with E-state index < -0.39 is 5.97 Å². The maximum atomic E-state index is 12.0. The first kappa shape index (κ1) is 16.8. The molecule has 5 heteroatoms. The first-order chi connectivity index (χ1) is 9.49. The van der Waals surface area contributed by atoms with Crippen molar-refractivity contribution in [3.05, 3.63) is 0 Å². The first-order valence-corrected chi connectivity index (χ1v) is 7.73. The van der Waals surface area contributed by atoms with Gasteiger partial charge in [-0.2, -0.15) is 0 Å². The Balaban J connectivity index is 2.23. The Morgan fingerprint density at radius 3 is 2.80 bits per heavy atom. The largest absolute Gasteiger partial charge is 0.481 e. The van der Waals surface area contributed by atoms with Crippen molar-refractivity contribution in [2.24, 2.45) is 11.8 Å². The second kappa shape index (κ2) is 8.82. The maximum Gasteiger partial charge on any atom is 0.317 e. The molecule has 2 N–H and O–H groups in total. The van der Waals surface area contributed by atoms with Crippen molar-refractivity contribution in [1.29, 1.82) is 0 Å². The quantitative estimate of drug-likeness (QED) is 0.706. The number of likely N-dealkylation sites (tertiary alicyclic amines) is 1. The van der Waals surface area contributed by atoms with Gasteiger partial charge < -0.3 is 15.3 Å². The maximum absolute atomic E-state index is 12.0. The Kier molecular flexibility index (Phi) is 7.41. The van der Waals surface area contributed by atoms with Gasteiger partial charge in [-0.3, -0.25) is 4.79 Å². The Labute approximate surface area is 121 Å². The van der Waals surface area contributed by atoms with E-state index in [2.05, 4.69) is 19.2 Å². The monoisotopic (exact) mass is 284 g/mol. The Bertz CT molecular complexity index is 318. The molecule has 5 nitrogen and oxygen atoms in total. The molecule has 1 aliphatic rings. The fraction of sp³-hybridized carbons (Fsp3) is 0.867. The van der Waals surface area contributed by atoms with Gasteiger partial charge in [-0.05, 0) is 43.9 Å². The van der Waals surface area contributed by atoms with Crippen LogP contribution in [-0.2, 0) is 4.79 Å². The zero-order valence-electron chi connectivity index (χ0n) is 12.7. The van der Waals surface area contributed by atoms with E-state index in [1.54, 1.807) is 0 Å². The number of carbonyl (C=O) groups excluding carboxylic acids is 1. The predicted octanol–water partition coefficient (Wildman–Crippen LogP) is 2.71. The van der Waals surface area contributed by atoms with Crippen molar-refractivity contribution in [3.63, 3.8) is 0 Å². The Morgan fingerprint density at radius 2 is 2.15 bits per heavy atom. The number of rotatable bonds is 7. The van der Waals surface area contributed by atoms with Crippen LogP contribution in [0.5, 0.6) is 0 Å². The number of nitrogens with zero attached hydrogens (tertiary/aromatic N) is 1. The minimum Gasteiger partial charge on any atom is -0.481 e. The average molecular weight is 284 g/mol. The van der Waals surface area contributed by atoms with Crippen molar-refractivity contribution < 1.29 is 14.7 Å². The molecule has 0 radical (unpaired) electrons. The summed E-state index contributed by atoms with van der Waals surface area (Å²) in [5, 5.41) is 11.7. The van der Waals surface area contributed by atoms with Crippen LogP contribution in [0, 0.1) is 11.8 Å². The molecule has 0 aromatic carbocycles. The topological polar surface area (TPSA) is 69.6 Å². The van der Waals surface area contributed by atoms with Gasteiger partial charge in [-0.25, -0.2) is 4.79 Å². The number of urea groups is 1. The SMILES string of the molecule is CC(C)CCCNC(=O)N1CCCC(CCC(=O)O)C1. The number of hydrogen-bond acceptors (Lipinski definition) is 2. The zero-order valence-corrected chi connectivity index (χ0v) is 12.7. The van der Waals surface area contributed by atoms with Crippen LogP contribution < -0.4 is 5.32 Å². The van der Waals surface area contributed by atoms with Crippen LogP contribution >= 0.6 is 0 Å². The lowest BCUT2D eigenvalue weighted by Gasteiger charge is -2.32. The molecule has 116 valence electrons. The molecular weight excluding hydrogens is 256 g/mol. The highest BCUT2D eigenvalue weighted by Crippen LogP contribution is 2.20. The van der Waals surface area contributed by atoms with Crippen molar-refractivity contribution in [2.45, 2.75) is 52.4 Å². The van der Waals surface area contributed by atoms with Crippen molar-refractivity contribution in [1.82, 2.24) is 10.2 Å². The average Bonchev–Trinajstić information content (AvgIpc) is 2.41. The van der Waals surface area contributed by atoms with E-state index in [1.165, 1.54) is 0 Å². The lowest BCUT2D eigenvalue weighted by Crippen LogP contribution is -2.45. The molecule has 1 rings (SSSR count). The predicted molar refractivity (Wildman–Crippen MR) is 78.6 cm³/mol. The summed E-state index contributed by atoms with van der Waals surface area (Å²) in [5.74, 6) is 0.254. The number of aliphatic carboxylic acids is 1. The van der Waals surface area contributed by atoms with E-state index in [0.717, 1.165) is 38.8 Å². The summed E-state index contributed by atoms with van der Waals surface area (Å²) in [7, 11) is 0.